The second kappa shape index (κ2) is 9.12. The number of hydrogen-bond acceptors (Lipinski definition) is 3. The van der Waals surface area contributed by atoms with Gasteiger partial charge in [-0.15, -0.1) is 11.3 Å². The van der Waals surface area contributed by atoms with Crippen LogP contribution >= 0.6 is 11.3 Å². The maximum Gasteiger partial charge on any atom is 0.0590 e. The van der Waals surface area contributed by atoms with Gasteiger partial charge in [0.2, 0.25) is 0 Å². The summed E-state index contributed by atoms with van der Waals surface area (Å²) in [5.41, 5.74) is 5.56. The second-order valence-corrected chi connectivity index (χ2v) is 10.2. The van der Waals surface area contributed by atoms with Crippen LogP contribution in [-0.2, 0) is 0 Å². The summed E-state index contributed by atoms with van der Waals surface area (Å²) in [6, 6.07) is 49.6. The molecule has 37 heavy (non-hydrogen) atoms. The van der Waals surface area contributed by atoms with Crippen molar-refractivity contribution in [1.82, 2.24) is 0 Å². The first kappa shape index (κ1) is 21.7. The molecule has 0 aliphatic carbocycles. The Morgan fingerprint density at radius 2 is 1.19 bits per heavy atom. The van der Waals surface area contributed by atoms with E-state index in [1.807, 2.05) is 11.3 Å². The molecule has 2 nitrogen and oxygen atoms in total. The number of hydrogen-bond donors (Lipinski definition) is 1. The molecule has 7 rings (SSSR count). The van der Waals surface area contributed by atoms with Crippen molar-refractivity contribution >= 4 is 70.7 Å². The van der Waals surface area contributed by atoms with Crippen molar-refractivity contribution in [1.29, 1.82) is 0 Å². The molecule has 0 amide bonds. The Labute approximate surface area is 220 Å². The summed E-state index contributed by atoms with van der Waals surface area (Å²) in [7, 11) is 0. The molecule has 1 heterocycles. The summed E-state index contributed by atoms with van der Waals surface area (Å²) in [4.78, 5) is 2.32. The van der Waals surface area contributed by atoms with E-state index >= 15 is 0 Å². The summed E-state index contributed by atoms with van der Waals surface area (Å²) in [6.07, 6.45) is 0. The van der Waals surface area contributed by atoms with Gasteiger partial charge >= 0.3 is 0 Å². The first-order valence-corrected chi connectivity index (χ1v) is 13.3. The average Bonchev–Trinajstić information content (AvgIpc) is 3.34. The summed E-state index contributed by atoms with van der Waals surface area (Å²) >= 11 is 1.84. The van der Waals surface area contributed by atoms with Crippen LogP contribution < -0.4 is 10.2 Å². The lowest BCUT2D eigenvalue weighted by Gasteiger charge is -2.26. The predicted molar refractivity (Wildman–Crippen MR) is 161 cm³/mol. The van der Waals surface area contributed by atoms with Crippen molar-refractivity contribution in [2.45, 2.75) is 0 Å². The minimum absolute atomic E-state index is 1.06. The first-order valence-electron chi connectivity index (χ1n) is 12.4. The second-order valence-electron chi connectivity index (χ2n) is 9.16. The van der Waals surface area contributed by atoms with E-state index in [0.717, 1.165) is 28.4 Å². The molecular weight excluding hydrogens is 468 g/mol. The Balaban J connectivity index is 1.32. The molecule has 1 N–H and O–H groups in total. The standard InChI is InChI=1S/C34H24N2S/c1-2-13-27(14-3-1)36(29-21-20-24-10-4-5-11-25(24)22-29)28-15-8-12-26(23-28)35-32-18-9-17-31-30-16-6-7-19-33(30)37-34(31)32/h1-23,35H. The largest absolute Gasteiger partial charge is 0.354 e. The fraction of sp³-hybridized carbons (Fsp3) is 0. The molecule has 0 saturated heterocycles. The monoisotopic (exact) mass is 492 g/mol. The first-order chi connectivity index (χ1) is 18.3. The van der Waals surface area contributed by atoms with Crippen LogP contribution in [0.1, 0.15) is 0 Å². The molecule has 1 aromatic heterocycles. The molecule has 6 aromatic carbocycles. The van der Waals surface area contributed by atoms with Gasteiger partial charge in [0.25, 0.3) is 0 Å². The number of nitrogens with one attached hydrogen (secondary N) is 1. The van der Waals surface area contributed by atoms with E-state index < -0.39 is 0 Å². The van der Waals surface area contributed by atoms with Crippen LogP contribution in [0.4, 0.5) is 28.4 Å². The molecule has 0 atom stereocenters. The molecule has 0 radical (unpaired) electrons. The van der Waals surface area contributed by atoms with E-state index in [4.69, 9.17) is 0 Å². The Kier molecular flexibility index (Phi) is 5.34. The molecule has 0 aliphatic heterocycles. The van der Waals surface area contributed by atoms with Crippen LogP contribution in [0, 0.1) is 0 Å². The lowest BCUT2D eigenvalue weighted by Crippen LogP contribution is -2.10. The van der Waals surface area contributed by atoms with E-state index in [-0.39, 0.29) is 0 Å². The van der Waals surface area contributed by atoms with Crippen LogP contribution in [0.2, 0.25) is 0 Å². The van der Waals surface area contributed by atoms with Crippen molar-refractivity contribution in [3.8, 4) is 0 Å². The fourth-order valence-electron chi connectivity index (χ4n) is 5.06. The highest BCUT2D eigenvalue weighted by Gasteiger charge is 2.14. The normalized spacial score (nSPS) is 11.2. The quantitative estimate of drug-likeness (QED) is 0.257. The number of para-hydroxylation sites is 1. The van der Waals surface area contributed by atoms with Gasteiger partial charge in [-0.1, -0.05) is 84.9 Å². The van der Waals surface area contributed by atoms with Gasteiger partial charge in [0.05, 0.1) is 10.4 Å². The van der Waals surface area contributed by atoms with Gasteiger partial charge in [-0.3, -0.25) is 0 Å². The SMILES string of the molecule is c1ccc(N(c2cccc(Nc3cccc4c3sc3ccccc34)c2)c2ccc3ccccc3c2)cc1. The average molecular weight is 493 g/mol. The molecule has 176 valence electrons. The van der Waals surface area contributed by atoms with E-state index in [0.29, 0.717) is 0 Å². The molecule has 0 saturated carbocycles. The van der Waals surface area contributed by atoms with Gasteiger partial charge < -0.3 is 10.2 Å². The zero-order valence-corrected chi connectivity index (χ0v) is 21.0. The number of fused-ring (bicyclic) bond motifs is 4. The van der Waals surface area contributed by atoms with Crippen molar-refractivity contribution in [3.05, 3.63) is 140 Å². The number of rotatable bonds is 5. The molecular formula is C34H24N2S. The van der Waals surface area contributed by atoms with E-state index in [1.54, 1.807) is 0 Å². The van der Waals surface area contributed by atoms with Crippen LogP contribution in [0.15, 0.2) is 140 Å². The molecule has 7 aromatic rings. The summed E-state index contributed by atoms with van der Waals surface area (Å²) < 4.78 is 2.59. The van der Waals surface area contributed by atoms with Gasteiger partial charge in [0.1, 0.15) is 0 Å². The third-order valence-corrected chi connectivity index (χ3v) is 8.01. The third-order valence-electron chi connectivity index (χ3n) is 6.79. The molecule has 0 fully saturated rings. The molecule has 0 spiro atoms. The third kappa shape index (κ3) is 4.00. The Bertz CT molecular complexity index is 1870. The van der Waals surface area contributed by atoms with Crippen molar-refractivity contribution in [3.63, 3.8) is 0 Å². The Hall–Kier alpha value is -4.60. The molecule has 0 unspecified atom stereocenters. The smallest absolute Gasteiger partial charge is 0.0590 e. The maximum absolute atomic E-state index is 3.72. The van der Waals surface area contributed by atoms with Gasteiger partial charge in [0.15, 0.2) is 0 Å². The number of anilines is 5. The van der Waals surface area contributed by atoms with Crippen LogP contribution in [-0.4, -0.2) is 0 Å². The zero-order valence-electron chi connectivity index (χ0n) is 20.1. The van der Waals surface area contributed by atoms with Gasteiger partial charge in [0, 0.05) is 38.2 Å². The molecule has 0 aliphatic rings. The highest BCUT2D eigenvalue weighted by molar-refractivity contribution is 7.26. The summed E-state index contributed by atoms with van der Waals surface area (Å²) in [5, 5.41) is 8.80. The van der Waals surface area contributed by atoms with Gasteiger partial charge in [-0.05, 0) is 65.4 Å². The van der Waals surface area contributed by atoms with Gasteiger partial charge in [-0.2, -0.15) is 0 Å². The summed E-state index contributed by atoms with van der Waals surface area (Å²) in [5.74, 6) is 0. The fourth-order valence-corrected chi connectivity index (χ4v) is 6.24. The van der Waals surface area contributed by atoms with E-state index in [1.165, 1.54) is 30.9 Å². The lowest BCUT2D eigenvalue weighted by molar-refractivity contribution is 1.29. The van der Waals surface area contributed by atoms with E-state index in [9.17, 15) is 0 Å². The number of benzene rings is 6. The topological polar surface area (TPSA) is 15.3 Å². The minimum Gasteiger partial charge on any atom is -0.354 e. The minimum atomic E-state index is 1.06. The highest BCUT2D eigenvalue weighted by atomic mass is 32.1. The molecule has 0 bridgehead atoms. The Morgan fingerprint density at radius 3 is 2.11 bits per heavy atom. The van der Waals surface area contributed by atoms with Crippen molar-refractivity contribution in [2.75, 3.05) is 10.2 Å². The van der Waals surface area contributed by atoms with E-state index in [2.05, 4.69) is 150 Å². The van der Waals surface area contributed by atoms with Crippen LogP contribution in [0.5, 0.6) is 0 Å². The maximum atomic E-state index is 3.72. The number of thiophene rings is 1. The van der Waals surface area contributed by atoms with Gasteiger partial charge in [-0.25, -0.2) is 0 Å². The Morgan fingerprint density at radius 1 is 0.486 bits per heavy atom. The highest BCUT2D eigenvalue weighted by Crippen LogP contribution is 2.40. The summed E-state index contributed by atoms with van der Waals surface area (Å²) in [6.45, 7) is 0. The molecule has 3 heteroatoms. The van der Waals surface area contributed by atoms with Crippen molar-refractivity contribution in [2.24, 2.45) is 0 Å². The zero-order chi connectivity index (χ0) is 24.6. The van der Waals surface area contributed by atoms with Crippen LogP contribution in [0.3, 0.4) is 0 Å². The van der Waals surface area contributed by atoms with Crippen molar-refractivity contribution < 1.29 is 0 Å². The lowest BCUT2D eigenvalue weighted by atomic mass is 10.1. The number of nitrogens with zero attached hydrogens (tertiary/aromatic N) is 1. The van der Waals surface area contributed by atoms with Crippen LogP contribution in [0.25, 0.3) is 30.9 Å². The predicted octanol–water partition coefficient (Wildman–Crippen LogP) is 10.4.